The molecule has 2 aromatic rings. The van der Waals surface area contributed by atoms with Gasteiger partial charge in [-0.15, -0.1) is 0 Å². The number of likely N-dealkylation sites (tertiary alicyclic amines) is 1. The van der Waals surface area contributed by atoms with Crippen molar-refractivity contribution in [2.45, 2.75) is 56.6 Å². The highest BCUT2D eigenvalue weighted by Gasteiger charge is 2.57. The van der Waals surface area contributed by atoms with Crippen LogP contribution in [0.4, 0.5) is 24.7 Å². The molecule has 4 aliphatic rings. The molecule has 0 spiro atoms. The van der Waals surface area contributed by atoms with Gasteiger partial charge in [0, 0.05) is 50.5 Å². The third-order valence-corrected chi connectivity index (χ3v) is 9.32. The zero-order chi connectivity index (χ0) is 31.1. The van der Waals surface area contributed by atoms with Crippen molar-refractivity contribution in [2.24, 2.45) is 0 Å². The third-order valence-electron chi connectivity index (χ3n) is 9.32. The van der Waals surface area contributed by atoms with Crippen LogP contribution >= 0.6 is 0 Å². The summed E-state index contributed by atoms with van der Waals surface area (Å²) in [6.07, 6.45) is -1.58. The normalized spacial score (nSPS) is 24.8. The summed E-state index contributed by atoms with van der Waals surface area (Å²) in [5.74, 6) is 0.417. The zero-order valence-corrected chi connectivity index (χ0v) is 24.7. The molecule has 1 aromatic heterocycles. The Bertz CT molecular complexity index is 1460. The molecule has 3 saturated heterocycles. The molecule has 6 rings (SSSR count). The summed E-state index contributed by atoms with van der Waals surface area (Å²) in [7, 11) is 0. The molecule has 5 heterocycles. The summed E-state index contributed by atoms with van der Waals surface area (Å²) < 4.78 is 53.3. The summed E-state index contributed by atoms with van der Waals surface area (Å²) in [6.45, 7) is 10.4. The minimum Gasteiger partial charge on any atom is -0.463 e. The van der Waals surface area contributed by atoms with E-state index >= 15 is 0 Å². The number of morpholine rings is 1. The molecule has 0 radical (unpaired) electrons. The van der Waals surface area contributed by atoms with Crippen molar-refractivity contribution in [1.82, 2.24) is 19.8 Å². The first-order valence-corrected chi connectivity index (χ1v) is 15.0. The van der Waals surface area contributed by atoms with Crippen LogP contribution in [0.1, 0.15) is 36.6 Å². The van der Waals surface area contributed by atoms with E-state index in [0.717, 1.165) is 37.7 Å². The molecule has 1 aromatic carbocycles. The molecule has 44 heavy (non-hydrogen) atoms. The number of benzene rings is 1. The molecule has 2 unspecified atom stereocenters. The smallest absolute Gasteiger partial charge is 0.418 e. The lowest BCUT2D eigenvalue weighted by atomic mass is 9.79. The topological polar surface area (TPSA) is 98.1 Å². The number of carbonyl (C=O) groups excluding carboxylic acids is 1. The molecule has 0 bridgehead atoms. The summed E-state index contributed by atoms with van der Waals surface area (Å²) in [6, 6.07) is 7.58. The number of nitrogens with zero attached hydrogens (tertiary/aromatic N) is 7. The predicted octanol–water partition coefficient (Wildman–Crippen LogP) is 3.42. The Kier molecular flexibility index (Phi) is 8.15. The number of rotatable bonds is 9. The van der Waals surface area contributed by atoms with E-state index in [1.165, 1.54) is 18.2 Å². The first kappa shape index (κ1) is 30.1. The van der Waals surface area contributed by atoms with E-state index in [1.54, 1.807) is 15.9 Å². The molecule has 0 N–H and O–H groups in total. The second kappa shape index (κ2) is 11.9. The van der Waals surface area contributed by atoms with E-state index in [0.29, 0.717) is 56.8 Å². The molecule has 234 valence electrons. The fourth-order valence-electron chi connectivity index (χ4n) is 6.69. The van der Waals surface area contributed by atoms with E-state index in [9.17, 15) is 23.2 Å². The Morgan fingerprint density at radius 2 is 2.05 bits per heavy atom. The lowest BCUT2D eigenvalue weighted by molar-refractivity contribution is -0.273. The standard InChI is InChI=1S/C31H36F3N7O3/c1-3-27(42)41-15-14-39(17-21(41)9-11-35)28-22-10-13-38(25-8-5-4-7-23(25)31(32,33)34)18-24(22)36-29(37-28)43-16-6-12-40-19-26-30(40,2)20-44-26/h3-5,7-8,21,26H,1,6,9-10,12-20H2,2H3/t21?,26?,30-/m0/s1. The molecule has 4 aliphatic heterocycles. The van der Waals surface area contributed by atoms with Crippen LogP contribution < -0.4 is 14.5 Å². The van der Waals surface area contributed by atoms with Gasteiger partial charge in [-0.1, -0.05) is 18.7 Å². The van der Waals surface area contributed by atoms with Crippen molar-refractivity contribution in [3.05, 3.63) is 53.7 Å². The van der Waals surface area contributed by atoms with Crippen molar-refractivity contribution < 1.29 is 27.4 Å². The monoisotopic (exact) mass is 611 g/mol. The van der Waals surface area contributed by atoms with Crippen LogP contribution in [-0.2, 0) is 28.7 Å². The second-order valence-corrected chi connectivity index (χ2v) is 11.9. The van der Waals surface area contributed by atoms with Gasteiger partial charge in [-0.3, -0.25) is 9.69 Å². The van der Waals surface area contributed by atoms with Crippen molar-refractivity contribution >= 4 is 17.4 Å². The minimum atomic E-state index is -4.49. The van der Waals surface area contributed by atoms with Crippen LogP contribution in [0.15, 0.2) is 36.9 Å². The van der Waals surface area contributed by atoms with Gasteiger partial charge in [0.25, 0.3) is 0 Å². The van der Waals surface area contributed by atoms with Crippen LogP contribution in [0.25, 0.3) is 0 Å². The first-order chi connectivity index (χ1) is 21.1. The number of anilines is 2. The Hall–Kier alpha value is -3.89. The Balaban J connectivity index is 1.25. The molecule has 3 atom stereocenters. The maximum Gasteiger partial charge on any atom is 0.418 e. The Labute approximate surface area is 254 Å². The number of hydrogen-bond acceptors (Lipinski definition) is 9. The number of halogens is 3. The van der Waals surface area contributed by atoms with E-state index in [2.05, 4.69) is 24.5 Å². The van der Waals surface area contributed by atoms with Gasteiger partial charge in [-0.25, -0.2) is 0 Å². The molecule has 0 aliphatic carbocycles. The average Bonchev–Trinajstić information content (AvgIpc) is 3.02. The largest absolute Gasteiger partial charge is 0.463 e. The Morgan fingerprint density at radius 1 is 1.23 bits per heavy atom. The maximum absolute atomic E-state index is 13.9. The zero-order valence-electron chi connectivity index (χ0n) is 24.7. The van der Waals surface area contributed by atoms with Crippen molar-refractivity contribution in [1.29, 1.82) is 5.26 Å². The van der Waals surface area contributed by atoms with E-state index in [-0.39, 0.29) is 42.2 Å². The summed E-state index contributed by atoms with van der Waals surface area (Å²) >= 11 is 0. The number of nitriles is 1. The third kappa shape index (κ3) is 5.57. The average molecular weight is 612 g/mol. The molecule has 1 amide bonds. The van der Waals surface area contributed by atoms with Crippen LogP contribution in [0, 0.1) is 11.3 Å². The highest BCUT2D eigenvalue weighted by atomic mass is 19.4. The number of fused-ring (bicyclic) bond motifs is 2. The summed E-state index contributed by atoms with van der Waals surface area (Å²) in [5, 5.41) is 9.46. The number of alkyl halides is 3. The number of amides is 1. The van der Waals surface area contributed by atoms with Crippen molar-refractivity contribution in [2.75, 3.05) is 62.3 Å². The molecule has 3 fully saturated rings. The highest BCUT2D eigenvalue weighted by molar-refractivity contribution is 5.87. The molecular weight excluding hydrogens is 575 g/mol. The lowest BCUT2D eigenvalue weighted by Gasteiger charge is -2.63. The number of aromatic nitrogens is 2. The number of piperazine rings is 1. The van der Waals surface area contributed by atoms with Crippen LogP contribution in [0.5, 0.6) is 6.01 Å². The van der Waals surface area contributed by atoms with Gasteiger partial charge in [0.15, 0.2) is 0 Å². The lowest BCUT2D eigenvalue weighted by Crippen LogP contribution is -2.79. The highest BCUT2D eigenvalue weighted by Crippen LogP contribution is 2.41. The molecular formula is C31H36F3N7O3. The Morgan fingerprint density at radius 3 is 2.73 bits per heavy atom. The maximum atomic E-state index is 13.9. The number of carbonyl (C=O) groups is 1. The van der Waals surface area contributed by atoms with Gasteiger partial charge in [0.1, 0.15) is 5.82 Å². The number of ether oxygens (including phenoxy) is 2. The van der Waals surface area contributed by atoms with Crippen LogP contribution in [0.3, 0.4) is 0 Å². The van der Waals surface area contributed by atoms with E-state index < -0.39 is 11.7 Å². The van der Waals surface area contributed by atoms with E-state index in [1.807, 2.05) is 4.90 Å². The van der Waals surface area contributed by atoms with E-state index in [4.69, 9.17) is 19.4 Å². The fraction of sp³-hybridized carbons (Fsp3) is 0.548. The van der Waals surface area contributed by atoms with Crippen LogP contribution in [-0.4, -0.2) is 95.8 Å². The van der Waals surface area contributed by atoms with Crippen molar-refractivity contribution in [3.8, 4) is 12.1 Å². The van der Waals surface area contributed by atoms with Gasteiger partial charge in [0.2, 0.25) is 5.91 Å². The summed E-state index contributed by atoms with van der Waals surface area (Å²) in [5.41, 5.74) is 0.998. The molecule has 13 heteroatoms. The SMILES string of the molecule is C=CC(=O)N1CCN(c2nc(OCCCN3CC4OC[C@@]43C)nc3c2CCN(c2ccccc2C(F)(F)F)C3)CC1CC#N. The van der Waals surface area contributed by atoms with Gasteiger partial charge >= 0.3 is 12.2 Å². The second-order valence-electron chi connectivity index (χ2n) is 11.9. The molecule has 0 saturated carbocycles. The number of para-hydroxylation sites is 1. The molecule has 10 nitrogen and oxygen atoms in total. The fourth-order valence-corrected chi connectivity index (χ4v) is 6.69. The van der Waals surface area contributed by atoms with Gasteiger partial charge in [-0.05, 0) is 38.0 Å². The van der Waals surface area contributed by atoms with Crippen molar-refractivity contribution in [3.63, 3.8) is 0 Å². The predicted molar refractivity (Wildman–Crippen MR) is 156 cm³/mol. The first-order valence-electron chi connectivity index (χ1n) is 15.0. The number of hydrogen-bond donors (Lipinski definition) is 0. The minimum absolute atomic E-state index is 0.111. The van der Waals surface area contributed by atoms with Gasteiger partial charge < -0.3 is 24.2 Å². The van der Waals surface area contributed by atoms with Gasteiger partial charge in [0.05, 0.1) is 61.2 Å². The van der Waals surface area contributed by atoms with Gasteiger partial charge in [-0.2, -0.15) is 28.4 Å². The quantitative estimate of drug-likeness (QED) is 0.312. The summed E-state index contributed by atoms with van der Waals surface area (Å²) in [4.78, 5) is 29.8. The van der Waals surface area contributed by atoms with Crippen LogP contribution in [0.2, 0.25) is 0 Å².